The molecule has 0 spiro atoms. The van der Waals surface area contributed by atoms with Crippen molar-refractivity contribution in [2.45, 2.75) is 40.0 Å². The standard InChI is InChI=1S/C33H29F2N3O4/c1-17(2)23-16-25-31(38-33(23)41-5)28(12-13-36-25)42-27-11-6-20(14-24(27)35)15-26(39)30-19(4)37-18(3)29(32(30)40)21-7-9-22(34)10-8-21/h6-14,16-17H,15H2,1-5H3,(H,37,40). The smallest absolute Gasteiger partial charge is 0.217 e. The molecule has 5 aromatic rings. The van der Waals surface area contributed by atoms with Gasteiger partial charge in [-0.15, -0.1) is 0 Å². The second-order valence-electron chi connectivity index (χ2n) is 10.3. The number of H-pyrrole nitrogens is 1. The van der Waals surface area contributed by atoms with E-state index >= 15 is 4.39 Å². The molecule has 9 heteroatoms. The van der Waals surface area contributed by atoms with E-state index < -0.39 is 22.8 Å². The first kappa shape index (κ1) is 28.6. The number of ether oxygens (including phenoxy) is 2. The second-order valence-corrected chi connectivity index (χ2v) is 10.3. The van der Waals surface area contributed by atoms with Crippen LogP contribution in [0.25, 0.3) is 22.2 Å². The van der Waals surface area contributed by atoms with Crippen molar-refractivity contribution >= 4 is 16.8 Å². The van der Waals surface area contributed by atoms with Crippen LogP contribution in [-0.4, -0.2) is 27.8 Å². The molecule has 0 aliphatic rings. The Bertz CT molecular complexity index is 1880. The number of nitrogens with one attached hydrogen (secondary N) is 1. The maximum Gasteiger partial charge on any atom is 0.217 e. The van der Waals surface area contributed by atoms with E-state index in [-0.39, 0.29) is 29.2 Å². The number of methoxy groups -OCH3 is 1. The molecule has 7 nitrogen and oxygen atoms in total. The summed E-state index contributed by atoms with van der Waals surface area (Å²) in [5.41, 5.74) is 3.52. The fourth-order valence-electron chi connectivity index (χ4n) is 5.01. The van der Waals surface area contributed by atoms with Gasteiger partial charge in [-0.3, -0.25) is 14.6 Å². The first-order valence-electron chi connectivity index (χ1n) is 13.4. The lowest BCUT2D eigenvalue weighted by Gasteiger charge is -2.14. The highest BCUT2D eigenvalue weighted by molar-refractivity contribution is 5.99. The van der Waals surface area contributed by atoms with Crippen LogP contribution < -0.4 is 14.9 Å². The van der Waals surface area contributed by atoms with Crippen molar-refractivity contribution in [3.05, 3.63) is 111 Å². The lowest BCUT2D eigenvalue weighted by Crippen LogP contribution is -2.22. The van der Waals surface area contributed by atoms with Crippen LogP contribution in [0.15, 0.2) is 65.6 Å². The van der Waals surface area contributed by atoms with Gasteiger partial charge in [0.05, 0.1) is 18.2 Å². The average Bonchev–Trinajstić information content (AvgIpc) is 2.94. The molecule has 214 valence electrons. The number of aromatic amines is 1. The molecule has 0 aliphatic heterocycles. The number of hydrogen-bond acceptors (Lipinski definition) is 6. The van der Waals surface area contributed by atoms with Crippen LogP contribution in [0.4, 0.5) is 8.78 Å². The van der Waals surface area contributed by atoms with E-state index in [1.165, 1.54) is 43.5 Å². The van der Waals surface area contributed by atoms with E-state index in [2.05, 4.69) is 15.0 Å². The van der Waals surface area contributed by atoms with Gasteiger partial charge in [0.15, 0.2) is 23.1 Å². The highest BCUT2D eigenvalue weighted by Crippen LogP contribution is 2.34. The molecule has 1 N–H and O–H groups in total. The van der Waals surface area contributed by atoms with Crippen LogP contribution in [0.5, 0.6) is 17.4 Å². The molecule has 3 aromatic heterocycles. The van der Waals surface area contributed by atoms with E-state index in [0.717, 1.165) is 5.56 Å². The Labute approximate surface area is 241 Å². The number of carbonyl (C=O) groups excluding carboxylic acids is 1. The van der Waals surface area contributed by atoms with Gasteiger partial charge < -0.3 is 14.5 Å². The maximum absolute atomic E-state index is 15.2. The fourth-order valence-corrected chi connectivity index (χ4v) is 5.01. The molecular weight excluding hydrogens is 540 g/mol. The van der Waals surface area contributed by atoms with Gasteiger partial charge in [-0.25, -0.2) is 13.8 Å². The average molecular weight is 570 g/mol. The van der Waals surface area contributed by atoms with Gasteiger partial charge in [0.25, 0.3) is 0 Å². The lowest BCUT2D eigenvalue weighted by atomic mass is 9.95. The zero-order valence-electron chi connectivity index (χ0n) is 23.8. The first-order valence-corrected chi connectivity index (χ1v) is 13.4. The Morgan fingerprint density at radius 1 is 0.976 bits per heavy atom. The van der Waals surface area contributed by atoms with Crippen LogP contribution in [0.2, 0.25) is 0 Å². The van der Waals surface area contributed by atoms with Crippen molar-refractivity contribution < 1.29 is 23.0 Å². The van der Waals surface area contributed by atoms with Crippen molar-refractivity contribution in [2.75, 3.05) is 7.11 Å². The number of rotatable bonds is 8. The quantitative estimate of drug-likeness (QED) is 0.198. The number of ketones is 1. The van der Waals surface area contributed by atoms with Crippen LogP contribution in [0, 0.1) is 25.5 Å². The molecule has 5 rings (SSSR count). The summed E-state index contributed by atoms with van der Waals surface area (Å²) < 4.78 is 40.0. The van der Waals surface area contributed by atoms with Gasteiger partial charge in [-0.1, -0.05) is 32.0 Å². The zero-order valence-corrected chi connectivity index (χ0v) is 23.8. The number of benzene rings is 2. The molecule has 0 amide bonds. The SMILES string of the molecule is COc1nc2c(Oc3ccc(CC(=O)c4c(C)[nH]c(C)c(-c5ccc(F)cc5)c4=O)cc3F)ccnc2cc1C(C)C. The number of halogens is 2. The minimum Gasteiger partial charge on any atom is -0.481 e. The molecule has 0 unspecified atom stereocenters. The van der Waals surface area contributed by atoms with E-state index in [0.29, 0.717) is 45.2 Å². The van der Waals surface area contributed by atoms with Gasteiger partial charge in [-0.2, -0.15) is 0 Å². The topological polar surface area (TPSA) is 94.2 Å². The lowest BCUT2D eigenvalue weighted by molar-refractivity contribution is 0.0991. The van der Waals surface area contributed by atoms with E-state index in [9.17, 15) is 14.0 Å². The molecule has 2 aromatic carbocycles. The number of nitrogens with zero attached hydrogens (tertiary/aromatic N) is 2. The number of pyridine rings is 3. The number of aryl methyl sites for hydroxylation is 2. The largest absolute Gasteiger partial charge is 0.481 e. The van der Waals surface area contributed by atoms with Gasteiger partial charge >= 0.3 is 0 Å². The normalized spacial score (nSPS) is 11.2. The Balaban J connectivity index is 1.42. The Morgan fingerprint density at radius 2 is 1.71 bits per heavy atom. The highest BCUT2D eigenvalue weighted by atomic mass is 19.1. The monoisotopic (exact) mass is 569 g/mol. The number of Topliss-reactive ketones (excluding diaryl/α,β-unsaturated/α-hetero) is 1. The molecule has 3 heterocycles. The summed E-state index contributed by atoms with van der Waals surface area (Å²) >= 11 is 0. The van der Waals surface area contributed by atoms with Crippen LogP contribution in [0.1, 0.15) is 52.6 Å². The number of fused-ring (bicyclic) bond motifs is 1. The highest BCUT2D eigenvalue weighted by Gasteiger charge is 2.21. The fraction of sp³-hybridized carbons (Fsp3) is 0.212. The van der Waals surface area contributed by atoms with Crippen LogP contribution in [0.3, 0.4) is 0 Å². The van der Waals surface area contributed by atoms with Gasteiger partial charge in [-0.05, 0) is 61.2 Å². The summed E-state index contributed by atoms with van der Waals surface area (Å²) in [4.78, 5) is 38.7. The molecular formula is C33H29F2N3O4. The third-order valence-electron chi connectivity index (χ3n) is 7.06. The van der Waals surface area contributed by atoms with E-state index in [1.54, 1.807) is 32.2 Å². The van der Waals surface area contributed by atoms with Gasteiger partial charge in [0, 0.05) is 41.2 Å². The Hall–Kier alpha value is -4.92. The van der Waals surface area contributed by atoms with Crippen molar-refractivity contribution in [3.63, 3.8) is 0 Å². The summed E-state index contributed by atoms with van der Waals surface area (Å²) in [6, 6.07) is 13.2. The first-order chi connectivity index (χ1) is 20.1. The molecule has 0 atom stereocenters. The van der Waals surface area contributed by atoms with Crippen molar-refractivity contribution in [1.29, 1.82) is 0 Å². The van der Waals surface area contributed by atoms with E-state index in [4.69, 9.17) is 9.47 Å². The number of carbonyl (C=O) groups is 1. The summed E-state index contributed by atoms with van der Waals surface area (Å²) in [5.74, 6) is -0.751. The molecule has 0 saturated carbocycles. The van der Waals surface area contributed by atoms with Crippen molar-refractivity contribution in [3.8, 4) is 28.5 Å². The van der Waals surface area contributed by atoms with Crippen LogP contribution in [-0.2, 0) is 6.42 Å². The number of aromatic nitrogens is 3. The number of hydrogen-bond donors (Lipinski definition) is 1. The van der Waals surface area contributed by atoms with Crippen molar-refractivity contribution in [2.24, 2.45) is 0 Å². The minimum absolute atomic E-state index is 0.0234. The zero-order chi connectivity index (χ0) is 30.1. The summed E-state index contributed by atoms with van der Waals surface area (Å²) in [7, 11) is 1.53. The molecule has 0 radical (unpaired) electrons. The third-order valence-corrected chi connectivity index (χ3v) is 7.06. The molecule has 0 saturated heterocycles. The minimum atomic E-state index is -0.683. The predicted octanol–water partition coefficient (Wildman–Crippen LogP) is 7.23. The van der Waals surface area contributed by atoms with Crippen LogP contribution >= 0.6 is 0 Å². The third kappa shape index (κ3) is 5.50. The van der Waals surface area contributed by atoms with Gasteiger partial charge in [0.2, 0.25) is 11.3 Å². The van der Waals surface area contributed by atoms with E-state index in [1.807, 2.05) is 19.9 Å². The summed E-state index contributed by atoms with van der Waals surface area (Å²) in [6.45, 7) is 7.40. The van der Waals surface area contributed by atoms with Gasteiger partial charge in [0.1, 0.15) is 11.3 Å². The molecule has 0 bridgehead atoms. The molecule has 42 heavy (non-hydrogen) atoms. The molecule has 0 aliphatic carbocycles. The summed E-state index contributed by atoms with van der Waals surface area (Å²) in [6.07, 6.45) is 1.35. The predicted molar refractivity (Wildman–Crippen MR) is 157 cm³/mol. The molecule has 0 fully saturated rings. The maximum atomic E-state index is 15.2. The Kier molecular flexibility index (Phi) is 7.85. The van der Waals surface area contributed by atoms with Crippen molar-refractivity contribution in [1.82, 2.24) is 15.0 Å². The Morgan fingerprint density at radius 3 is 2.38 bits per heavy atom. The second kappa shape index (κ2) is 11.5. The summed E-state index contributed by atoms with van der Waals surface area (Å²) in [5, 5.41) is 0.